The lowest BCUT2D eigenvalue weighted by Gasteiger charge is -2.13. The monoisotopic (exact) mass is 440 g/mol. The molecule has 0 bridgehead atoms. The van der Waals surface area contributed by atoms with E-state index in [1.807, 2.05) is 18.2 Å². The number of hydrogen-bond donors (Lipinski definition) is 2. The summed E-state index contributed by atoms with van der Waals surface area (Å²) in [7, 11) is 3.08. The van der Waals surface area contributed by atoms with Crippen LogP contribution in [0.4, 0.5) is 0 Å². The van der Waals surface area contributed by atoms with Crippen LogP contribution >= 0.6 is 23.2 Å². The summed E-state index contributed by atoms with van der Waals surface area (Å²) < 4.78 is 10.5. The maximum Gasteiger partial charge on any atom is 0.259 e. The second-order valence-electron chi connectivity index (χ2n) is 6.88. The van der Waals surface area contributed by atoms with Crippen molar-refractivity contribution < 1.29 is 19.1 Å². The summed E-state index contributed by atoms with van der Waals surface area (Å²) in [5.74, 6) is 0.176. The number of hydrogen-bond acceptors (Lipinski definition) is 4. The molecule has 1 aromatic heterocycles. The van der Waals surface area contributed by atoms with Crippen molar-refractivity contribution in [2.75, 3.05) is 14.2 Å². The van der Waals surface area contributed by atoms with Crippen molar-refractivity contribution in [1.82, 2.24) is 10.3 Å². The van der Waals surface area contributed by atoms with Crippen molar-refractivity contribution in [2.45, 2.75) is 0 Å². The molecule has 4 aromatic rings. The van der Waals surface area contributed by atoms with Crippen molar-refractivity contribution in [3.8, 4) is 22.6 Å². The predicted molar refractivity (Wildman–Crippen MR) is 116 cm³/mol. The molecular weight excluding hydrogens is 427 g/mol. The van der Waals surface area contributed by atoms with Crippen LogP contribution in [0.3, 0.4) is 0 Å². The van der Waals surface area contributed by atoms with E-state index in [9.17, 15) is 9.59 Å². The maximum atomic E-state index is 12.8. The fourth-order valence-electron chi connectivity index (χ4n) is 3.99. The third-order valence-corrected chi connectivity index (χ3v) is 5.89. The summed E-state index contributed by atoms with van der Waals surface area (Å²) in [5, 5.41) is 4.44. The Bertz CT molecular complexity index is 1380. The summed E-state index contributed by atoms with van der Waals surface area (Å²) in [6.45, 7) is 0. The fourth-order valence-corrected chi connectivity index (χ4v) is 4.66. The molecule has 2 N–H and O–H groups in total. The quantitative estimate of drug-likeness (QED) is 0.429. The average Bonchev–Trinajstić information content (AvgIpc) is 3.23. The highest BCUT2D eigenvalue weighted by molar-refractivity contribution is 6.41. The van der Waals surface area contributed by atoms with Gasteiger partial charge >= 0.3 is 0 Å². The molecule has 8 heteroatoms. The number of halogens is 2. The first-order valence-corrected chi connectivity index (χ1v) is 9.74. The molecule has 0 atom stereocenters. The number of aromatic nitrogens is 1. The molecule has 1 aliphatic rings. The molecule has 2 amide bonds. The minimum Gasteiger partial charge on any atom is -0.497 e. The van der Waals surface area contributed by atoms with Crippen molar-refractivity contribution in [1.29, 1.82) is 0 Å². The van der Waals surface area contributed by atoms with Crippen molar-refractivity contribution >= 4 is 56.8 Å². The minimum absolute atomic E-state index is 0.241. The third-order valence-electron chi connectivity index (χ3n) is 5.29. The van der Waals surface area contributed by atoms with Crippen LogP contribution in [0.25, 0.3) is 32.9 Å². The Morgan fingerprint density at radius 3 is 2.10 bits per heavy atom. The number of nitrogens with one attached hydrogen (secondary N) is 2. The van der Waals surface area contributed by atoms with Gasteiger partial charge in [0.15, 0.2) is 0 Å². The molecule has 30 heavy (non-hydrogen) atoms. The average molecular weight is 441 g/mol. The van der Waals surface area contributed by atoms with Gasteiger partial charge in [-0.1, -0.05) is 23.2 Å². The standard InChI is InChI=1S/C22H14Cl2N2O4/c1-29-9-3-4-15-11(5-9)18-16(25-15)8-12(19-20(18)22(28)26-21(19)27)17-13(23)6-10(30-2)7-14(17)24/h3-8,25H,1-2H3,(H,26,27,28). The summed E-state index contributed by atoms with van der Waals surface area (Å²) in [5.41, 5.74) is 2.94. The van der Waals surface area contributed by atoms with E-state index in [1.54, 1.807) is 25.3 Å². The Hall–Kier alpha value is -3.22. The number of carbonyl (C=O) groups excluding carboxylic acids is 2. The zero-order valence-corrected chi connectivity index (χ0v) is 17.4. The fraction of sp³-hybridized carbons (Fsp3) is 0.0909. The first-order valence-electron chi connectivity index (χ1n) is 8.98. The number of amides is 2. The number of methoxy groups -OCH3 is 2. The van der Waals surface area contributed by atoms with Gasteiger partial charge in [-0.05, 0) is 36.4 Å². The normalized spacial score (nSPS) is 13.1. The summed E-state index contributed by atoms with van der Waals surface area (Å²) in [6.07, 6.45) is 0. The first kappa shape index (κ1) is 18.8. The van der Waals surface area contributed by atoms with E-state index < -0.39 is 11.8 Å². The van der Waals surface area contributed by atoms with Crippen LogP contribution in [0, 0.1) is 0 Å². The SMILES string of the molecule is COc1cc(Cl)c(-c2cc3[nH]c4ccc(OC)cc4c3c3c2C(=O)NC3=O)c(Cl)c1. The van der Waals surface area contributed by atoms with Crippen LogP contribution in [-0.2, 0) is 0 Å². The summed E-state index contributed by atoms with van der Waals surface area (Å²) in [4.78, 5) is 28.8. The Balaban J connectivity index is 1.93. The largest absolute Gasteiger partial charge is 0.497 e. The molecule has 0 unspecified atom stereocenters. The van der Waals surface area contributed by atoms with Gasteiger partial charge in [-0.2, -0.15) is 0 Å². The van der Waals surface area contributed by atoms with E-state index in [4.69, 9.17) is 32.7 Å². The van der Waals surface area contributed by atoms with Crippen LogP contribution in [0.1, 0.15) is 20.7 Å². The van der Waals surface area contributed by atoms with E-state index >= 15 is 0 Å². The van der Waals surface area contributed by atoms with Crippen LogP contribution in [-0.4, -0.2) is 31.0 Å². The molecule has 0 saturated carbocycles. The molecular formula is C22H14Cl2N2O4. The predicted octanol–water partition coefficient (Wildman–Crippen LogP) is 5.20. The molecule has 150 valence electrons. The zero-order chi connectivity index (χ0) is 21.2. The van der Waals surface area contributed by atoms with Crippen LogP contribution in [0.5, 0.6) is 11.5 Å². The van der Waals surface area contributed by atoms with Crippen LogP contribution in [0.15, 0.2) is 36.4 Å². The number of aromatic amines is 1. The van der Waals surface area contributed by atoms with E-state index in [-0.39, 0.29) is 11.1 Å². The van der Waals surface area contributed by atoms with Crippen molar-refractivity contribution in [2.24, 2.45) is 0 Å². The maximum absolute atomic E-state index is 12.8. The van der Waals surface area contributed by atoms with Crippen LogP contribution in [0.2, 0.25) is 10.0 Å². The number of ether oxygens (including phenoxy) is 2. The lowest BCUT2D eigenvalue weighted by atomic mass is 9.92. The lowest BCUT2D eigenvalue weighted by molar-refractivity contribution is 0.0880. The molecule has 0 saturated heterocycles. The van der Waals surface area contributed by atoms with E-state index in [1.165, 1.54) is 7.11 Å². The molecule has 3 aromatic carbocycles. The molecule has 1 aliphatic heterocycles. The van der Waals surface area contributed by atoms with Gasteiger partial charge in [0.25, 0.3) is 11.8 Å². The zero-order valence-electron chi connectivity index (χ0n) is 15.9. The molecule has 0 fully saturated rings. The highest BCUT2D eigenvalue weighted by Crippen LogP contribution is 2.44. The first-order chi connectivity index (χ1) is 14.4. The smallest absolute Gasteiger partial charge is 0.259 e. The third kappa shape index (κ3) is 2.57. The summed E-state index contributed by atoms with van der Waals surface area (Å²) in [6, 6.07) is 10.5. The molecule has 0 spiro atoms. The van der Waals surface area contributed by atoms with E-state index in [0.29, 0.717) is 43.6 Å². The topological polar surface area (TPSA) is 80.4 Å². The second kappa shape index (κ2) is 6.65. The number of rotatable bonds is 3. The van der Waals surface area contributed by atoms with Crippen molar-refractivity contribution in [3.63, 3.8) is 0 Å². The van der Waals surface area contributed by atoms with Gasteiger partial charge in [0.1, 0.15) is 11.5 Å². The van der Waals surface area contributed by atoms with Crippen LogP contribution < -0.4 is 14.8 Å². The number of imide groups is 1. The molecule has 6 nitrogen and oxygen atoms in total. The molecule has 2 heterocycles. The van der Waals surface area contributed by atoms with E-state index in [2.05, 4.69) is 10.3 Å². The lowest BCUT2D eigenvalue weighted by Crippen LogP contribution is -2.20. The molecule has 5 rings (SSSR count). The van der Waals surface area contributed by atoms with Gasteiger partial charge in [-0.15, -0.1) is 0 Å². The number of benzene rings is 3. The van der Waals surface area contributed by atoms with Gasteiger partial charge in [0.05, 0.1) is 35.4 Å². The molecule has 0 radical (unpaired) electrons. The van der Waals surface area contributed by atoms with E-state index in [0.717, 1.165) is 10.9 Å². The highest BCUT2D eigenvalue weighted by atomic mass is 35.5. The van der Waals surface area contributed by atoms with Gasteiger partial charge in [-0.25, -0.2) is 0 Å². The van der Waals surface area contributed by atoms with Gasteiger partial charge < -0.3 is 14.5 Å². The van der Waals surface area contributed by atoms with Crippen molar-refractivity contribution in [3.05, 3.63) is 57.6 Å². The summed E-state index contributed by atoms with van der Waals surface area (Å²) >= 11 is 13.0. The number of carbonyl (C=O) groups is 2. The Kier molecular flexibility index (Phi) is 4.17. The van der Waals surface area contributed by atoms with Gasteiger partial charge in [-0.3, -0.25) is 14.9 Å². The number of fused-ring (bicyclic) bond motifs is 5. The highest BCUT2D eigenvalue weighted by Gasteiger charge is 2.34. The van der Waals surface area contributed by atoms with Gasteiger partial charge in [0, 0.05) is 32.9 Å². The van der Waals surface area contributed by atoms with Gasteiger partial charge in [0.2, 0.25) is 0 Å². The Morgan fingerprint density at radius 1 is 0.767 bits per heavy atom. The Morgan fingerprint density at radius 2 is 1.43 bits per heavy atom. The molecule has 0 aliphatic carbocycles. The second-order valence-corrected chi connectivity index (χ2v) is 7.70. The minimum atomic E-state index is -0.493. The number of H-pyrrole nitrogens is 1. The Labute approximate surface area is 180 Å².